The van der Waals surface area contributed by atoms with E-state index in [1.54, 1.807) is 38.0 Å². The van der Waals surface area contributed by atoms with E-state index in [0.717, 1.165) is 22.2 Å². The molecule has 9 heteroatoms. The highest BCUT2D eigenvalue weighted by Gasteiger charge is 2.17. The lowest BCUT2D eigenvalue weighted by molar-refractivity contribution is -0.116. The molecule has 3 aromatic rings. The van der Waals surface area contributed by atoms with Crippen LogP contribution >= 0.6 is 11.3 Å². The van der Waals surface area contributed by atoms with E-state index >= 15 is 0 Å². The van der Waals surface area contributed by atoms with Gasteiger partial charge in [-0.1, -0.05) is 11.3 Å². The minimum atomic E-state index is -0.471. The van der Waals surface area contributed by atoms with Crippen molar-refractivity contribution in [2.75, 3.05) is 26.6 Å². The first kappa shape index (κ1) is 18.7. The Morgan fingerprint density at radius 2 is 2.00 bits per heavy atom. The highest BCUT2D eigenvalue weighted by Crippen LogP contribution is 2.32. The number of fused-ring (bicyclic) bond motifs is 1. The SMILES string of the molecule is COC(=O)c1sc(NC(=O)Cn2ccc3c(OC)cc(OC)cc32)nc1C. The summed E-state index contributed by atoms with van der Waals surface area (Å²) in [5.74, 6) is 0.570. The number of hydrogen-bond acceptors (Lipinski definition) is 7. The smallest absolute Gasteiger partial charge is 0.350 e. The molecule has 0 spiro atoms. The van der Waals surface area contributed by atoms with Crippen molar-refractivity contribution in [2.24, 2.45) is 0 Å². The number of thiazole rings is 1. The van der Waals surface area contributed by atoms with Crippen molar-refractivity contribution < 1.29 is 23.8 Å². The lowest BCUT2D eigenvalue weighted by atomic mass is 10.2. The van der Waals surface area contributed by atoms with E-state index in [-0.39, 0.29) is 12.5 Å². The molecule has 27 heavy (non-hydrogen) atoms. The van der Waals surface area contributed by atoms with Gasteiger partial charge in [0.2, 0.25) is 5.91 Å². The maximum atomic E-state index is 12.4. The molecule has 1 amide bonds. The molecule has 1 N–H and O–H groups in total. The van der Waals surface area contributed by atoms with Gasteiger partial charge in [0.15, 0.2) is 5.13 Å². The van der Waals surface area contributed by atoms with Crippen molar-refractivity contribution >= 4 is 39.2 Å². The first-order chi connectivity index (χ1) is 13.0. The van der Waals surface area contributed by atoms with Gasteiger partial charge in [-0.15, -0.1) is 0 Å². The van der Waals surface area contributed by atoms with Gasteiger partial charge in [0.25, 0.3) is 0 Å². The molecule has 0 aliphatic rings. The zero-order valence-electron chi connectivity index (χ0n) is 15.4. The van der Waals surface area contributed by atoms with E-state index < -0.39 is 5.97 Å². The lowest BCUT2D eigenvalue weighted by Gasteiger charge is -2.09. The third-order valence-corrected chi connectivity index (χ3v) is 5.06. The molecule has 0 aliphatic heterocycles. The highest BCUT2D eigenvalue weighted by molar-refractivity contribution is 7.17. The van der Waals surface area contributed by atoms with E-state index in [2.05, 4.69) is 10.3 Å². The number of aromatic nitrogens is 2. The number of anilines is 1. The molecule has 0 unspecified atom stereocenters. The van der Waals surface area contributed by atoms with Gasteiger partial charge >= 0.3 is 5.97 Å². The van der Waals surface area contributed by atoms with E-state index in [9.17, 15) is 9.59 Å². The van der Waals surface area contributed by atoms with Gasteiger partial charge in [-0.3, -0.25) is 4.79 Å². The standard InChI is InChI=1S/C18H19N3O5S/c1-10-16(17(23)26-4)27-18(19-10)20-15(22)9-21-6-5-12-13(21)7-11(24-2)8-14(12)25-3/h5-8H,9H2,1-4H3,(H,19,20,22). The molecule has 0 aliphatic carbocycles. The minimum Gasteiger partial charge on any atom is -0.497 e. The van der Waals surface area contributed by atoms with E-state index in [1.165, 1.54) is 7.11 Å². The number of amides is 1. The lowest BCUT2D eigenvalue weighted by Crippen LogP contribution is -2.18. The molecule has 0 saturated heterocycles. The van der Waals surface area contributed by atoms with Gasteiger partial charge in [-0.05, 0) is 13.0 Å². The summed E-state index contributed by atoms with van der Waals surface area (Å²) >= 11 is 1.08. The molecular weight excluding hydrogens is 370 g/mol. The van der Waals surface area contributed by atoms with E-state index in [0.29, 0.717) is 27.2 Å². The van der Waals surface area contributed by atoms with Crippen LogP contribution in [0.4, 0.5) is 5.13 Å². The molecule has 0 fully saturated rings. The maximum absolute atomic E-state index is 12.4. The predicted molar refractivity (Wildman–Crippen MR) is 102 cm³/mol. The Morgan fingerprint density at radius 1 is 1.22 bits per heavy atom. The number of esters is 1. The second-order valence-electron chi connectivity index (χ2n) is 5.68. The number of benzene rings is 1. The third kappa shape index (κ3) is 3.72. The van der Waals surface area contributed by atoms with Crippen LogP contribution in [0, 0.1) is 6.92 Å². The average molecular weight is 389 g/mol. The van der Waals surface area contributed by atoms with Crippen molar-refractivity contribution in [3.63, 3.8) is 0 Å². The van der Waals surface area contributed by atoms with Crippen LogP contribution < -0.4 is 14.8 Å². The summed E-state index contributed by atoms with van der Waals surface area (Å²) in [6.07, 6.45) is 1.80. The summed E-state index contributed by atoms with van der Waals surface area (Å²) in [5, 5.41) is 3.95. The van der Waals surface area contributed by atoms with Crippen LogP contribution in [0.2, 0.25) is 0 Å². The second kappa shape index (κ2) is 7.67. The Bertz CT molecular complexity index is 1010. The first-order valence-corrected chi connectivity index (χ1v) is 8.85. The fourth-order valence-corrected chi connectivity index (χ4v) is 3.61. The van der Waals surface area contributed by atoms with Crippen LogP contribution in [-0.4, -0.2) is 42.8 Å². The number of ether oxygens (including phenoxy) is 3. The van der Waals surface area contributed by atoms with Gasteiger partial charge < -0.3 is 24.1 Å². The van der Waals surface area contributed by atoms with Gasteiger partial charge in [0, 0.05) is 23.7 Å². The average Bonchev–Trinajstić information content (AvgIpc) is 3.23. The van der Waals surface area contributed by atoms with Crippen LogP contribution in [0.15, 0.2) is 24.4 Å². The normalized spacial score (nSPS) is 10.7. The first-order valence-electron chi connectivity index (χ1n) is 8.03. The summed E-state index contributed by atoms with van der Waals surface area (Å²) in [6, 6.07) is 5.51. The van der Waals surface area contributed by atoms with Crippen molar-refractivity contribution in [3.8, 4) is 11.5 Å². The Hall–Kier alpha value is -3.07. The van der Waals surface area contributed by atoms with E-state index in [1.807, 2.05) is 12.1 Å². The van der Waals surface area contributed by atoms with Crippen LogP contribution in [0.3, 0.4) is 0 Å². The van der Waals surface area contributed by atoms with Crippen LogP contribution in [0.25, 0.3) is 10.9 Å². The summed E-state index contributed by atoms with van der Waals surface area (Å²) in [4.78, 5) is 28.7. The molecular formula is C18H19N3O5S. The molecule has 0 atom stereocenters. The zero-order valence-corrected chi connectivity index (χ0v) is 16.2. The van der Waals surface area contributed by atoms with Crippen LogP contribution in [0.1, 0.15) is 15.4 Å². The summed E-state index contributed by atoms with van der Waals surface area (Å²) in [6.45, 7) is 1.77. The molecule has 3 rings (SSSR count). The van der Waals surface area contributed by atoms with Crippen molar-refractivity contribution in [3.05, 3.63) is 35.0 Å². The van der Waals surface area contributed by atoms with Crippen molar-refractivity contribution in [1.29, 1.82) is 0 Å². The second-order valence-corrected chi connectivity index (χ2v) is 6.68. The number of carbonyl (C=O) groups is 2. The van der Waals surface area contributed by atoms with Crippen molar-refractivity contribution in [1.82, 2.24) is 9.55 Å². The molecule has 142 valence electrons. The third-order valence-electron chi connectivity index (χ3n) is 4.01. The minimum absolute atomic E-state index is 0.0754. The Labute approximate surface area is 159 Å². The number of nitrogens with zero attached hydrogens (tertiary/aromatic N) is 2. The summed E-state index contributed by atoms with van der Waals surface area (Å²) in [5.41, 5.74) is 1.33. The fraction of sp³-hybridized carbons (Fsp3) is 0.278. The Balaban J connectivity index is 1.81. The molecule has 8 nitrogen and oxygen atoms in total. The van der Waals surface area contributed by atoms with E-state index in [4.69, 9.17) is 14.2 Å². The zero-order chi connectivity index (χ0) is 19.6. The monoisotopic (exact) mass is 389 g/mol. The van der Waals surface area contributed by atoms with Crippen LogP contribution in [0.5, 0.6) is 11.5 Å². The molecule has 1 aromatic carbocycles. The maximum Gasteiger partial charge on any atom is 0.350 e. The molecule has 0 radical (unpaired) electrons. The number of carbonyl (C=O) groups excluding carboxylic acids is 2. The Kier molecular flexibility index (Phi) is 5.31. The quantitative estimate of drug-likeness (QED) is 0.652. The van der Waals surface area contributed by atoms with Gasteiger partial charge in [-0.2, -0.15) is 0 Å². The van der Waals surface area contributed by atoms with Gasteiger partial charge in [-0.25, -0.2) is 9.78 Å². The number of hydrogen-bond donors (Lipinski definition) is 1. The molecule has 0 saturated carbocycles. The molecule has 0 bridgehead atoms. The summed E-state index contributed by atoms with van der Waals surface area (Å²) < 4.78 is 17.2. The van der Waals surface area contributed by atoms with Crippen LogP contribution in [-0.2, 0) is 16.1 Å². The fourth-order valence-electron chi connectivity index (χ4n) is 2.71. The largest absolute Gasteiger partial charge is 0.497 e. The molecule has 2 aromatic heterocycles. The number of rotatable bonds is 6. The number of aryl methyl sites for hydroxylation is 1. The number of nitrogens with one attached hydrogen (secondary N) is 1. The molecule has 2 heterocycles. The predicted octanol–water partition coefficient (Wildman–Crippen LogP) is 2.85. The highest BCUT2D eigenvalue weighted by atomic mass is 32.1. The Morgan fingerprint density at radius 3 is 2.67 bits per heavy atom. The topological polar surface area (TPSA) is 91.7 Å². The number of methoxy groups -OCH3 is 3. The van der Waals surface area contributed by atoms with Crippen molar-refractivity contribution in [2.45, 2.75) is 13.5 Å². The van der Waals surface area contributed by atoms with Gasteiger partial charge in [0.05, 0.1) is 32.5 Å². The van der Waals surface area contributed by atoms with Gasteiger partial charge in [0.1, 0.15) is 22.9 Å². The summed E-state index contributed by atoms with van der Waals surface area (Å²) in [7, 11) is 4.46.